The van der Waals surface area contributed by atoms with Crippen LogP contribution in [-0.2, 0) is 9.59 Å². The molecule has 11 heteroatoms. The lowest BCUT2D eigenvalue weighted by molar-refractivity contribution is -0.384. The number of benzene rings is 2. The highest BCUT2D eigenvalue weighted by molar-refractivity contribution is 8.15. The molecule has 172 valence electrons. The number of thioether (sulfide) groups is 1. The van der Waals surface area contributed by atoms with Crippen LogP contribution in [0.15, 0.2) is 47.5 Å². The molecule has 1 heterocycles. The molecule has 0 spiro atoms. The van der Waals surface area contributed by atoms with Crippen molar-refractivity contribution in [2.24, 2.45) is 4.99 Å². The lowest BCUT2D eigenvalue weighted by atomic mass is 10.2. The zero-order valence-corrected chi connectivity index (χ0v) is 18.8. The molecule has 2 fully saturated rings. The fourth-order valence-corrected chi connectivity index (χ4v) is 4.61. The molecule has 0 radical (unpaired) electrons. The molecule has 1 atom stereocenters. The van der Waals surface area contributed by atoms with Crippen molar-refractivity contribution in [2.75, 3.05) is 19.5 Å². The Labute approximate surface area is 194 Å². The summed E-state index contributed by atoms with van der Waals surface area (Å²) in [7, 11) is 2.95. The topological polar surface area (TPSA) is 123 Å². The summed E-state index contributed by atoms with van der Waals surface area (Å²) in [6, 6.07) is 11.2. The van der Waals surface area contributed by atoms with Crippen LogP contribution < -0.4 is 14.8 Å². The third-order valence-corrected chi connectivity index (χ3v) is 6.37. The van der Waals surface area contributed by atoms with Crippen LogP contribution in [0, 0.1) is 10.1 Å². The number of rotatable bonds is 8. The van der Waals surface area contributed by atoms with Crippen molar-refractivity contribution >= 4 is 45.8 Å². The maximum absolute atomic E-state index is 13.0. The predicted molar refractivity (Wildman–Crippen MR) is 124 cm³/mol. The minimum atomic E-state index is -0.605. The number of methoxy groups -OCH3 is 2. The molecule has 0 bridgehead atoms. The average molecular weight is 471 g/mol. The number of nitrogens with zero attached hydrogens (tertiary/aromatic N) is 3. The largest absolute Gasteiger partial charge is 0.497 e. The Hall–Kier alpha value is -3.60. The van der Waals surface area contributed by atoms with E-state index in [9.17, 15) is 19.7 Å². The minimum Gasteiger partial charge on any atom is -0.497 e. The van der Waals surface area contributed by atoms with Crippen molar-refractivity contribution in [3.8, 4) is 11.5 Å². The van der Waals surface area contributed by atoms with Crippen LogP contribution in [0.25, 0.3) is 0 Å². The highest BCUT2D eigenvalue weighted by Crippen LogP contribution is 2.40. The fraction of sp³-hybridized carbons (Fsp3) is 0.318. The number of amides is 2. The zero-order chi connectivity index (χ0) is 23.5. The second kappa shape index (κ2) is 9.49. The SMILES string of the molecule is COc1ccc(N=C2SC(CC(=O)Nc3ccc([N+](=O)[O-])cc3OC)C(=O)N2C2CC2)cc1. The Balaban J connectivity index is 1.48. The summed E-state index contributed by atoms with van der Waals surface area (Å²) < 4.78 is 10.3. The second-order valence-corrected chi connectivity index (χ2v) is 8.70. The van der Waals surface area contributed by atoms with Crippen LogP contribution in [0.3, 0.4) is 0 Å². The molecule has 1 aliphatic heterocycles. The van der Waals surface area contributed by atoms with Gasteiger partial charge in [0.05, 0.1) is 36.6 Å². The molecule has 1 aliphatic carbocycles. The van der Waals surface area contributed by atoms with Gasteiger partial charge in [0, 0.05) is 18.5 Å². The number of ether oxygens (including phenoxy) is 2. The number of aliphatic imine (C=N–C) groups is 1. The summed E-state index contributed by atoms with van der Waals surface area (Å²) in [6.45, 7) is 0. The molecule has 4 rings (SSSR count). The molecule has 0 aromatic heterocycles. The molecule has 2 aromatic carbocycles. The van der Waals surface area contributed by atoms with Gasteiger partial charge in [0.2, 0.25) is 11.8 Å². The summed E-state index contributed by atoms with van der Waals surface area (Å²) in [5.41, 5.74) is 0.845. The number of nitrogens with one attached hydrogen (secondary N) is 1. The first kappa shape index (κ1) is 22.6. The molecule has 1 unspecified atom stereocenters. The van der Waals surface area contributed by atoms with E-state index < -0.39 is 16.1 Å². The van der Waals surface area contributed by atoms with Gasteiger partial charge in [-0.25, -0.2) is 4.99 Å². The Morgan fingerprint density at radius 3 is 2.55 bits per heavy atom. The quantitative estimate of drug-likeness (QED) is 0.460. The van der Waals surface area contributed by atoms with E-state index in [1.54, 1.807) is 24.1 Å². The third-order valence-electron chi connectivity index (χ3n) is 5.22. The van der Waals surface area contributed by atoms with Crippen LogP contribution in [0.2, 0.25) is 0 Å². The number of carbonyl (C=O) groups is 2. The molecule has 2 amide bonds. The van der Waals surface area contributed by atoms with Gasteiger partial charge in [0.25, 0.3) is 5.69 Å². The smallest absolute Gasteiger partial charge is 0.273 e. The Kier molecular flexibility index (Phi) is 6.50. The number of hydrogen-bond donors (Lipinski definition) is 1. The van der Waals surface area contributed by atoms with Crippen LogP contribution in [-0.4, -0.2) is 52.3 Å². The summed E-state index contributed by atoms with van der Waals surface area (Å²) in [5, 5.41) is 13.6. The molecular weight excluding hydrogens is 448 g/mol. The Morgan fingerprint density at radius 1 is 1.21 bits per heavy atom. The monoisotopic (exact) mass is 470 g/mol. The molecule has 1 saturated carbocycles. The summed E-state index contributed by atoms with van der Waals surface area (Å²) in [6.07, 6.45) is 1.76. The van der Waals surface area contributed by atoms with Gasteiger partial charge in [-0.1, -0.05) is 11.8 Å². The first-order valence-electron chi connectivity index (χ1n) is 10.2. The maximum atomic E-state index is 13.0. The van der Waals surface area contributed by atoms with Crippen molar-refractivity contribution in [2.45, 2.75) is 30.6 Å². The van der Waals surface area contributed by atoms with Crippen LogP contribution in [0.5, 0.6) is 11.5 Å². The van der Waals surface area contributed by atoms with Gasteiger partial charge in [0.1, 0.15) is 16.7 Å². The molecule has 2 aromatic rings. The lowest BCUT2D eigenvalue weighted by Gasteiger charge is -2.15. The third kappa shape index (κ3) is 5.08. The molecule has 2 aliphatic rings. The van der Waals surface area contributed by atoms with Crippen LogP contribution in [0.1, 0.15) is 19.3 Å². The number of nitro groups is 1. The van der Waals surface area contributed by atoms with E-state index >= 15 is 0 Å². The molecule has 33 heavy (non-hydrogen) atoms. The van der Waals surface area contributed by atoms with Crippen molar-refractivity contribution in [3.05, 3.63) is 52.6 Å². The van der Waals surface area contributed by atoms with Gasteiger partial charge >= 0.3 is 0 Å². The maximum Gasteiger partial charge on any atom is 0.273 e. The number of anilines is 1. The van der Waals surface area contributed by atoms with Gasteiger partial charge < -0.3 is 14.8 Å². The Bertz CT molecular complexity index is 1120. The molecular formula is C22H22N4O6S. The second-order valence-electron chi connectivity index (χ2n) is 7.53. The number of amidine groups is 1. The Morgan fingerprint density at radius 2 is 1.94 bits per heavy atom. The number of nitro benzene ring substituents is 1. The summed E-state index contributed by atoms with van der Waals surface area (Å²) >= 11 is 1.27. The number of carbonyl (C=O) groups excluding carboxylic acids is 2. The van der Waals surface area contributed by atoms with Gasteiger partial charge in [-0.3, -0.25) is 24.6 Å². The summed E-state index contributed by atoms with van der Waals surface area (Å²) in [4.78, 5) is 42.5. The highest BCUT2D eigenvalue weighted by atomic mass is 32.2. The van der Waals surface area contributed by atoms with Crippen LogP contribution >= 0.6 is 11.8 Å². The van der Waals surface area contributed by atoms with Gasteiger partial charge in [-0.2, -0.15) is 0 Å². The van der Waals surface area contributed by atoms with E-state index in [1.807, 2.05) is 12.1 Å². The van der Waals surface area contributed by atoms with Crippen molar-refractivity contribution in [1.29, 1.82) is 0 Å². The normalized spacial score (nSPS) is 19.0. The number of non-ortho nitro benzene ring substituents is 1. The first-order chi connectivity index (χ1) is 15.9. The minimum absolute atomic E-state index is 0.0610. The van der Waals surface area contributed by atoms with E-state index in [2.05, 4.69) is 10.3 Å². The standard InChI is InChI=1S/C22H22N4O6S/c1-31-16-8-3-13(4-9-16)23-22-25(14-5-6-14)21(28)19(33-22)12-20(27)24-17-10-7-15(26(29)30)11-18(17)32-2/h3-4,7-11,14,19H,5-6,12H2,1-2H3,(H,24,27). The van der Waals surface area contributed by atoms with E-state index in [1.165, 1.54) is 37.1 Å². The summed E-state index contributed by atoms with van der Waals surface area (Å²) in [5.74, 6) is 0.351. The average Bonchev–Trinajstić information content (AvgIpc) is 3.59. The highest BCUT2D eigenvalue weighted by Gasteiger charge is 2.46. The van der Waals surface area contributed by atoms with Crippen molar-refractivity contribution < 1.29 is 24.0 Å². The molecule has 1 N–H and O–H groups in total. The van der Waals surface area contributed by atoms with E-state index in [0.717, 1.165) is 12.8 Å². The van der Waals surface area contributed by atoms with Crippen LogP contribution in [0.4, 0.5) is 17.1 Å². The van der Waals surface area contributed by atoms with Gasteiger partial charge in [-0.15, -0.1) is 0 Å². The lowest BCUT2D eigenvalue weighted by Crippen LogP contribution is -2.35. The first-order valence-corrected chi connectivity index (χ1v) is 11.1. The van der Waals surface area contributed by atoms with Crippen molar-refractivity contribution in [1.82, 2.24) is 4.90 Å². The fourth-order valence-electron chi connectivity index (χ4n) is 3.40. The van der Waals surface area contributed by atoms with Gasteiger partial charge in [-0.05, 0) is 43.2 Å². The van der Waals surface area contributed by atoms with E-state index in [-0.39, 0.29) is 29.8 Å². The molecule has 1 saturated heterocycles. The number of hydrogen-bond acceptors (Lipinski definition) is 8. The van der Waals surface area contributed by atoms with Gasteiger partial charge in [0.15, 0.2) is 5.17 Å². The van der Waals surface area contributed by atoms with E-state index in [4.69, 9.17) is 9.47 Å². The predicted octanol–water partition coefficient (Wildman–Crippen LogP) is 3.73. The zero-order valence-electron chi connectivity index (χ0n) is 18.0. The van der Waals surface area contributed by atoms with Crippen molar-refractivity contribution in [3.63, 3.8) is 0 Å². The molecule has 10 nitrogen and oxygen atoms in total. The van der Waals surface area contributed by atoms with E-state index in [0.29, 0.717) is 22.3 Å².